The fourth-order valence-corrected chi connectivity index (χ4v) is 2.29. The molecule has 0 saturated carbocycles. The van der Waals surface area contributed by atoms with E-state index in [9.17, 15) is 0 Å². The quantitative estimate of drug-likeness (QED) is 0.748. The van der Waals surface area contributed by atoms with Gasteiger partial charge in [0.2, 0.25) is 0 Å². The van der Waals surface area contributed by atoms with E-state index in [4.69, 9.17) is 0 Å². The lowest BCUT2D eigenvalue weighted by molar-refractivity contribution is 0.436. The maximum absolute atomic E-state index is 4.65. The molecule has 0 aliphatic carbocycles. The molecular formula is C12H17N5. The van der Waals surface area contributed by atoms with Crippen LogP contribution in [0, 0.1) is 5.92 Å². The number of anilines is 1. The predicted molar refractivity (Wildman–Crippen MR) is 66.9 cm³/mol. The largest absolute Gasteiger partial charge is 0.355 e. The van der Waals surface area contributed by atoms with Gasteiger partial charge < -0.3 is 4.90 Å². The van der Waals surface area contributed by atoms with Gasteiger partial charge in [0.05, 0.1) is 12.4 Å². The summed E-state index contributed by atoms with van der Waals surface area (Å²) in [6.07, 6.45) is 6.10. The van der Waals surface area contributed by atoms with Crippen molar-refractivity contribution >= 4 is 17.0 Å². The summed E-state index contributed by atoms with van der Waals surface area (Å²) >= 11 is 0. The highest BCUT2D eigenvalue weighted by atomic mass is 15.3. The second-order valence-electron chi connectivity index (χ2n) is 4.87. The Morgan fingerprint density at radius 1 is 1.24 bits per heavy atom. The number of nitrogens with zero attached hydrogens (tertiary/aromatic N) is 5. The molecule has 0 N–H and O–H groups in total. The number of fused-ring (bicyclic) bond motifs is 1. The van der Waals surface area contributed by atoms with Crippen molar-refractivity contribution in [2.45, 2.75) is 19.8 Å². The summed E-state index contributed by atoms with van der Waals surface area (Å²) in [7, 11) is 1.90. The lowest BCUT2D eigenvalue weighted by Crippen LogP contribution is -2.33. The van der Waals surface area contributed by atoms with Gasteiger partial charge in [-0.1, -0.05) is 6.92 Å². The third-order valence-corrected chi connectivity index (χ3v) is 3.54. The SMILES string of the molecule is CC1CCN(c2cnc3cnn(C)c3n2)CC1. The summed E-state index contributed by atoms with van der Waals surface area (Å²) < 4.78 is 1.78. The van der Waals surface area contributed by atoms with Crippen molar-refractivity contribution in [2.24, 2.45) is 13.0 Å². The van der Waals surface area contributed by atoms with Gasteiger partial charge in [0.1, 0.15) is 11.3 Å². The molecule has 3 rings (SSSR count). The first-order valence-electron chi connectivity index (χ1n) is 6.14. The second-order valence-corrected chi connectivity index (χ2v) is 4.87. The Morgan fingerprint density at radius 2 is 2.00 bits per heavy atom. The van der Waals surface area contributed by atoms with Gasteiger partial charge >= 0.3 is 0 Å². The molecule has 0 aromatic carbocycles. The molecule has 90 valence electrons. The van der Waals surface area contributed by atoms with E-state index in [1.54, 1.807) is 10.9 Å². The minimum absolute atomic E-state index is 0.833. The van der Waals surface area contributed by atoms with Gasteiger partial charge in [0, 0.05) is 20.1 Å². The topological polar surface area (TPSA) is 46.8 Å². The lowest BCUT2D eigenvalue weighted by Gasteiger charge is -2.30. The average Bonchev–Trinajstić information content (AvgIpc) is 2.72. The highest BCUT2D eigenvalue weighted by Gasteiger charge is 2.17. The van der Waals surface area contributed by atoms with Gasteiger partial charge in [-0.2, -0.15) is 5.10 Å². The van der Waals surface area contributed by atoms with Crippen molar-refractivity contribution in [2.75, 3.05) is 18.0 Å². The maximum Gasteiger partial charge on any atom is 0.178 e. The van der Waals surface area contributed by atoms with Crippen LogP contribution in [-0.4, -0.2) is 32.8 Å². The number of rotatable bonds is 1. The molecule has 0 atom stereocenters. The highest BCUT2D eigenvalue weighted by Crippen LogP contribution is 2.22. The molecule has 0 unspecified atom stereocenters. The molecule has 3 heterocycles. The van der Waals surface area contributed by atoms with Crippen molar-refractivity contribution in [1.82, 2.24) is 19.7 Å². The van der Waals surface area contributed by atoms with E-state index >= 15 is 0 Å². The van der Waals surface area contributed by atoms with Crippen molar-refractivity contribution in [3.05, 3.63) is 12.4 Å². The second kappa shape index (κ2) is 3.98. The van der Waals surface area contributed by atoms with Crippen molar-refractivity contribution in [3.8, 4) is 0 Å². The lowest BCUT2D eigenvalue weighted by atomic mass is 9.99. The first kappa shape index (κ1) is 10.5. The summed E-state index contributed by atoms with van der Waals surface area (Å²) in [6, 6.07) is 0. The number of piperidine rings is 1. The third-order valence-electron chi connectivity index (χ3n) is 3.54. The van der Waals surface area contributed by atoms with E-state index in [1.165, 1.54) is 12.8 Å². The summed E-state index contributed by atoms with van der Waals surface area (Å²) in [5, 5.41) is 4.17. The smallest absolute Gasteiger partial charge is 0.178 e. The van der Waals surface area contributed by atoms with Gasteiger partial charge in [-0.05, 0) is 18.8 Å². The van der Waals surface area contributed by atoms with Crippen LogP contribution in [-0.2, 0) is 7.05 Å². The monoisotopic (exact) mass is 231 g/mol. The van der Waals surface area contributed by atoms with Crippen LogP contribution in [0.15, 0.2) is 12.4 Å². The zero-order valence-corrected chi connectivity index (χ0v) is 10.3. The Bertz CT molecular complexity index is 525. The first-order chi connectivity index (χ1) is 8.24. The molecule has 0 amide bonds. The zero-order valence-electron chi connectivity index (χ0n) is 10.3. The van der Waals surface area contributed by atoms with Crippen LogP contribution in [0.25, 0.3) is 11.2 Å². The molecule has 2 aromatic heterocycles. The first-order valence-corrected chi connectivity index (χ1v) is 6.14. The maximum atomic E-state index is 4.65. The Labute approximate surface area is 100 Å². The van der Waals surface area contributed by atoms with E-state index in [0.29, 0.717) is 0 Å². The fraction of sp³-hybridized carbons (Fsp3) is 0.583. The highest BCUT2D eigenvalue weighted by molar-refractivity contribution is 5.71. The summed E-state index contributed by atoms with van der Waals surface area (Å²) in [6.45, 7) is 4.48. The number of aryl methyl sites for hydroxylation is 1. The van der Waals surface area contributed by atoms with Crippen LogP contribution >= 0.6 is 0 Å². The Morgan fingerprint density at radius 3 is 2.76 bits per heavy atom. The summed E-state index contributed by atoms with van der Waals surface area (Å²) in [4.78, 5) is 11.4. The standard InChI is InChI=1S/C12H17N5/c1-9-3-5-17(6-4-9)11-8-13-10-7-14-16(2)12(10)15-11/h7-9H,3-6H2,1-2H3. The van der Waals surface area contributed by atoms with E-state index < -0.39 is 0 Å². The van der Waals surface area contributed by atoms with Crippen LogP contribution in [0.4, 0.5) is 5.82 Å². The van der Waals surface area contributed by atoms with Crippen LogP contribution in [0.2, 0.25) is 0 Å². The van der Waals surface area contributed by atoms with E-state index in [0.717, 1.165) is 36.0 Å². The third kappa shape index (κ3) is 1.85. The molecule has 1 aliphatic rings. The molecule has 0 radical (unpaired) electrons. The number of hydrogen-bond acceptors (Lipinski definition) is 4. The molecule has 1 aliphatic heterocycles. The molecule has 5 heteroatoms. The van der Waals surface area contributed by atoms with E-state index in [2.05, 4.69) is 26.9 Å². The minimum atomic E-state index is 0.833. The fourth-order valence-electron chi connectivity index (χ4n) is 2.29. The van der Waals surface area contributed by atoms with Gasteiger partial charge in [0.25, 0.3) is 0 Å². The average molecular weight is 231 g/mol. The zero-order chi connectivity index (χ0) is 11.8. The Balaban J connectivity index is 1.92. The molecule has 2 aromatic rings. The van der Waals surface area contributed by atoms with Gasteiger partial charge in [0.15, 0.2) is 5.65 Å². The van der Waals surface area contributed by atoms with Gasteiger partial charge in [-0.25, -0.2) is 14.6 Å². The summed E-state index contributed by atoms with van der Waals surface area (Å²) in [5.74, 6) is 1.81. The van der Waals surface area contributed by atoms with Crippen LogP contribution in [0.1, 0.15) is 19.8 Å². The molecule has 1 saturated heterocycles. The molecule has 0 spiro atoms. The number of hydrogen-bond donors (Lipinski definition) is 0. The molecule has 5 nitrogen and oxygen atoms in total. The summed E-state index contributed by atoms with van der Waals surface area (Å²) in [5.41, 5.74) is 1.72. The van der Waals surface area contributed by atoms with Crippen molar-refractivity contribution in [3.63, 3.8) is 0 Å². The van der Waals surface area contributed by atoms with Gasteiger partial charge in [-0.3, -0.25) is 0 Å². The van der Waals surface area contributed by atoms with Gasteiger partial charge in [-0.15, -0.1) is 0 Å². The minimum Gasteiger partial charge on any atom is -0.355 e. The van der Waals surface area contributed by atoms with Crippen LogP contribution in [0.5, 0.6) is 0 Å². The van der Waals surface area contributed by atoms with Crippen LogP contribution in [0.3, 0.4) is 0 Å². The predicted octanol–water partition coefficient (Wildman–Crippen LogP) is 1.60. The Hall–Kier alpha value is -1.65. The number of aromatic nitrogens is 4. The van der Waals surface area contributed by atoms with E-state index in [1.807, 2.05) is 13.2 Å². The van der Waals surface area contributed by atoms with Crippen LogP contribution < -0.4 is 4.90 Å². The molecule has 0 bridgehead atoms. The van der Waals surface area contributed by atoms with E-state index in [-0.39, 0.29) is 0 Å². The molecule has 1 fully saturated rings. The molecule has 17 heavy (non-hydrogen) atoms. The Kier molecular flexibility index (Phi) is 2.46. The van der Waals surface area contributed by atoms with Crippen molar-refractivity contribution in [1.29, 1.82) is 0 Å². The van der Waals surface area contributed by atoms with Crippen molar-refractivity contribution < 1.29 is 0 Å². The molecular weight excluding hydrogens is 214 g/mol. The normalized spacial score (nSPS) is 17.9.